The smallest absolute Gasteiger partial charge is 0.0415 e. The van der Waals surface area contributed by atoms with Crippen molar-refractivity contribution in [3.05, 3.63) is 47.0 Å². The average molecular weight is 232 g/mol. The molecule has 1 fully saturated rings. The quantitative estimate of drug-likeness (QED) is 0.793. The van der Waals surface area contributed by atoms with Gasteiger partial charge in [0.25, 0.3) is 0 Å². The zero-order valence-corrected chi connectivity index (χ0v) is 9.80. The molecule has 0 amide bonds. The summed E-state index contributed by atoms with van der Waals surface area (Å²) < 4.78 is 0. The maximum atomic E-state index is 6.40. The lowest BCUT2D eigenvalue weighted by Gasteiger charge is -2.39. The lowest BCUT2D eigenvalue weighted by atomic mass is 9.71. The van der Waals surface area contributed by atoms with E-state index in [-0.39, 0.29) is 5.54 Å². The molecule has 0 unspecified atom stereocenters. The molecule has 0 bridgehead atoms. The summed E-state index contributed by atoms with van der Waals surface area (Å²) in [6.07, 6.45) is 3.39. The van der Waals surface area contributed by atoms with Gasteiger partial charge in [-0.2, -0.15) is 0 Å². The first-order chi connectivity index (χ1) is 7.69. The second-order valence-corrected chi connectivity index (χ2v) is 5.12. The van der Waals surface area contributed by atoms with Crippen LogP contribution in [0.1, 0.15) is 24.8 Å². The van der Waals surface area contributed by atoms with Gasteiger partial charge in [-0.05, 0) is 47.7 Å². The molecule has 2 aromatic carbocycles. The van der Waals surface area contributed by atoms with Crippen molar-refractivity contribution >= 4 is 22.4 Å². The minimum absolute atomic E-state index is 0.121. The first kappa shape index (κ1) is 10.1. The summed E-state index contributed by atoms with van der Waals surface area (Å²) in [5, 5.41) is 3.21. The average Bonchev–Trinajstić information content (AvgIpc) is 2.25. The molecule has 0 spiro atoms. The Hall–Kier alpha value is -1.05. The van der Waals surface area contributed by atoms with Crippen molar-refractivity contribution in [2.24, 2.45) is 5.73 Å². The Morgan fingerprint density at radius 1 is 1.12 bits per heavy atom. The molecule has 16 heavy (non-hydrogen) atoms. The molecule has 0 atom stereocenters. The van der Waals surface area contributed by atoms with E-state index in [2.05, 4.69) is 24.3 Å². The first-order valence-electron chi connectivity index (χ1n) is 5.67. The van der Waals surface area contributed by atoms with Gasteiger partial charge in [0.15, 0.2) is 0 Å². The van der Waals surface area contributed by atoms with Crippen LogP contribution in [-0.4, -0.2) is 0 Å². The van der Waals surface area contributed by atoms with Crippen LogP contribution >= 0.6 is 11.6 Å². The van der Waals surface area contributed by atoms with E-state index in [0.29, 0.717) is 0 Å². The van der Waals surface area contributed by atoms with Gasteiger partial charge < -0.3 is 5.73 Å². The third-order valence-corrected chi connectivity index (χ3v) is 3.86. The Kier molecular flexibility index (Phi) is 2.20. The molecule has 82 valence electrons. The van der Waals surface area contributed by atoms with Crippen molar-refractivity contribution in [1.29, 1.82) is 0 Å². The highest BCUT2D eigenvalue weighted by atomic mass is 35.5. The molecule has 0 saturated heterocycles. The second kappa shape index (κ2) is 3.47. The summed E-state index contributed by atoms with van der Waals surface area (Å²) in [5.41, 5.74) is 7.53. The van der Waals surface area contributed by atoms with E-state index in [9.17, 15) is 0 Å². The van der Waals surface area contributed by atoms with E-state index in [0.717, 1.165) is 17.9 Å². The molecule has 2 heteroatoms. The monoisotopic (exact) mass is 231 g/mol. The van der Waals surface area contributed by atoms with Gasteiger partial charge in [-0.1, -0.05) is 35.9 Å². The number of benzene rings is 2. The van der Waals surface area contributed by atoms with E-state index in [1.165, 1.54) is 22.8 Å². The Bertz CT molecular complexity index is 543. The van der Waals surface area contributed by atoms with E-state index >= 15 is 0 Å². The fourth-order valence-electron chi connectivity index (χ4n) is 2.51. The molecular weight excluding hydrogens is 218 g/mol. The van der Waals surface area contributed by atoms with E-state index in [1.807, 2.05) is 12.1 Å². The zero-order chi connectivity index (χ0) is 11.2. The van der Waals surface area contributed by atoms with E-state index in [4.69, 9.17) is 17.3 Å². The summed E-state index contributed by atoms with van der Waals surface area (Å²) in [5.74, 6) is 0. The van der Waals surface area contributed by atoms with Gasteiger partial charge in [0.05, 0.1) is 0 Å². The fraction of sp³-hybridized carbons (Fsp3) is 0.286. The lowest BCUT2D eigenvalue weighted by Crippen LogP contribution is -2.43. The van der Waals surface area contributed by atoms with Gasteiger partial charge in [-0.3, -0.25) is 0 Å². The Balaban J connectivity index is 2.27. The molecule has 0 aromatic heterocycles. The molecule has 3 rings (SSSR count). The third-order valence-electron chi connectivity index (χ3n) is 3.63. The standard InChI is InChI=1S/C14H14ClN/c15-11-6-5-10-3-1-4-13(12(10)9-11)14(16)7-2-8-14/h1,3-6,9H,2,7-8,16H2. The molecule has 0 heterocycles. The highest BCUT2D eigenvalue weighted by Crippen LogP contribution is 2.41. The number of hydrogen-bond acceptors (Lipinski definition) is 1. The van der Waals surface area contributed by atoms with Crippen LogP contribution in [0.4, 0.5) is 0 Å². The molecule has 1 saturated carbocycles. The lowest BCUT2D eigenvalue weighted by molar-refractivity contribution is 0.256. The predicted octanol–water partition coefficient (Wildman–Crippen LogP) is 3.83. The van der Waals surface area contributed by atoms with Crippen molar-refractivity contribution in [3.63, 3.8) is 0 Å². The maximum Gasteiger partial charge on any atom is 0.0415 e. The molecule has 0 radical (unpaired) electrons. The van der Waals surface area contributed by atoms with Crippen molar-refractivity contribution in [3.8, 4) is 0 Å². The first-order valence-corrected chi connectivity index (χ1v) is 6.04. The number of nitrogens with two attached hydrogens (primary N) is 1. The Morgan fingerprint density at radius 2 is 1.94 bits per heavy atom. The largest absolute Gasteiger partial charge is 0.321 e. The third kappa shape index (κ3) is 1.43. The molecule has 2 aromatic rings. The van der Waals surface area contributed by atoms with Crippen LogP contribution < -0.4 is 5.73 Å². The molecule has 0 aliphatic heterocycles. The molecule has 2 N–H and O–H groups in total. The molecule has 1 nitrogen and oxygen atoms in total. The van der Waals surface area contributed by atoms with Crippen LogP contribution in [0, 0.1) is 0 Å². The second-order valence-electron chi connectivity index (χ2n) is 4.68. The van der Waals surface area contributed by atoms with Gasteiger partial charge in [0.2, 0.25) is 0 Å². The number of fused-ring (bicyclic) bond motifs is 1. The Morgan fingerprint density at radius 3 is 2.62 bits per heavy atom. The van der Waals surface area contributed by atoms with Crippen molar-refractivity contribution in [1.82, 2.24) is 0 Å². The highest BCUT2D eigenvalue weighted by molar-refractivity contribution is 6.31. The van der Waals surface area contributed by atoms with Crippen LogP contribution in [-0.2, 0) is 5.54 Å². The SMILES string of the molecule is NC1(c2cccc3ccc(Cl)cc23)CCC1. The van der Waals surface area contributed by atoms with Gasteiger partial charge in [0.1, 0.15) is 0 Å². The Labute approximate surface area is 100 Å². The van der Waals surface area contributed by atoms with Crippen LogP contribution in [0.25, 0.3) is 10.8 Å². The number of rotatable bonds is 1. The summed E-state index contributed by atoms with van der Waals surface area (Å²) >= 11 is 6.06. The molecule has 1 aliphatic rings. The predicted molar refractivity (Wildman–Crippen MR) is 68.7 cm³/mol. The van der Waals surface area contributed by atoms with Crippen LogP contribution in [0.2, 0.25) is 5.02 Å². The minimum Gasteiger partial charge on any atom is -0.321 e. The summed E-state index contributed by atoms with van der Waals surface area (Å²) in [6.45, 7) is 0. The van der Waals surface area contributed by atoms with Gasteiger partial charge in [-0.25, -0.2) is 0 Å². The number of halogens is 1. The van der Waals surface area contributed by atoms with Gasteiger partial charge in [-0.15, -0.1) is 0 Å². The van der Waals surface area contributed by atoms with Crippen LogP contribution in [0.3, 0.4) is 0 Å². The minimum atomic E-state index is -0.121. The van der Waals surface area contributed by atoms with Crippen LogP contribution in [0.5, 0.6) is 0 Å². The van der Waals surface area contributed by atoms with Crippen molar-refractivity contribution < 1.29 is 0 Å². The van der Waals surface area contributed by atoms with Crippen molar-refractivity contribution in [2.75, 3.05) is 0 Å². The zero-order valence-electron chi connectivity index (χ0n) is 9.04. The summed E-state index contributed by atoms with van der Waals surface area (Å²) in [6, 6.07) is 12.3. The summed E-state index contributed by atoms with van der Waals surface area (Å²) in [7, 11) is 0. The molecular formula is C14H14ClN. The normalized spacial score (nSPS) is 18.4. The van der Waals surface area contributed by atoms with E-state index < -0.39 is 0 Å². The fourth-order valence-corrected chi connectivity index (χ4v) is 2.68. The molecule has 1 aliphatic carbocycles. The highest BCUT2D eigenvalue weighted by Gasteiger charge is 2.35. The van der Waals surface area contributed by atoms with Crippen LogP contribution in [0.15, 0.2) is 36.4 Å². The number of hydrogen-bond donors (Lipinski definition) is 1. The van der Waals surface area contributed by atoms with E-state index in [1.54, 1.807) is 0 Å². The topological polar surface area (TPSA) is 26.0 Å². The summed E-state index contributed by atoms with van der Waals surface area (Å²) in [4.78, 5) is 0. The maximum absolute atomic E-state index is 6.40. The van der Waals surface area contributed by atoms with Gasteiger partial charge in [0, 0.05) is 10.6 Å². The van der Waals surface area contributed by atoms with Gasteiger partial charge >= 0.3 is 0 Å². The van der Waals surface area contributed by atoms with Crippen molar-refractivity contribution in [2.45, 2.75) is 24.8 Å².